The lowest BCUT2D eigenvalue weighted by molar-refractivity contribution is -0.127. The molecule has 3 heterocycles. The lowest BCUT2D eigenvalue weighted by Crippen LogP contribution is -2.43. The van der Waals surface area contributed by atoms with Crippen molar-refractivity contribution in [2.75, 3.05) is 11.4 Å². The van der Waals surface area contributed by atoms with Crippen LogP contribution in [0.3, 0.4) is 0 Å². The van der Waals surface area contributed by atoms with Crippen molar-refractivity contribution in [3.05, 3.63) is 59.5 Å². The van der Waals surface area contributed by atoms with E-state index in [1.807, 2.05) is 29.2 Å². The van der Waals surface area contributed by atoms with Gasteiger partial charge < -0.3 is 10.2 Å². The first-order chi connectivity index (χ1) is 14.6. The number of nitrogens with zero attached hydrogens (tertiary/aromatic N) is 4. The predicted octanol–water partition coefficient (Wildman–Crippen LogP) is 3.48. The van der Waals surface area contributed by atoms with Crippen LogP contribution in [0.4, 0.5) is 5.69 Å². The van der Waals surface area contributed by atoms with Crippen LogP contribution in [0.25, 0.3) is 5.65 Å². The van der Waals surface area contributed by atoms with Crippen molar-refractivity contribution in [3.63, 3.8) is 0 Å². The lowest BCUT2D eigenvalue weighted by Gasteiger charge is -2.36. The maximum Gasteiger partial charge on any atom is 0.256 e. The fourth-order valence-corrected chi connectivity index (χ4v) is 4.99. The summed E-state index contributed by atoms with van der Waals surface area (Å²) >= 11 is 6.31. The van der Waals surface area contributed by atoms with E-state index in [4.69, 9.17) is 11.6 Å². The van der Waals surface area contributed by atoms with Crippen molar-refractivity contribution in [1.82, 2.24) is 19.9 Å². The SMILES string of the molecule is O=C(NC1CCC2(CC1)CCN(c1ccccc1Cl)C2=O)c1cnn2cccnc12. The summed E-state index contributed by atoms with van der Waals surface area (Å²) in [5, 5.41) is 7.89. The molecule has 2 amide bonds. The van der Waals surface area contributed by atoms with Gasteiger partial charge in [-0.2, -0.15) is 5.10 Å². The second-order valence-electron chi connectivity index (χ2n) is 8.13. The molecule has 0 atom stereocenters. The van der Waals surface area contributed by atoms with E-state index in [1.165, 1.54) is 0 Å². The monoisotopic (exact) mass is 423 g/mol. The van der Waals surface area contributed by atoms with Crippen LogP contribution in [0, 0.1) is 5.41 Å². The molecule has 0 bridgehead atoms. The van der Waals surface area contributed by atoms with E-state index in [9.17, 15) is 9.59 Å². The summed E-state index contributed by atoms with van der Waals surface area (Å²) in [5.74, 6) is -0.00713. The molecule has 5 rings (SSSR count). The van der Waals surface area contributed by atoms with Gasteiger partial charge in [-0.1, -0.05) is 23.7 Å². The highest BCUT2D eigenvalue weighted by atomic mass is 35.5. The average molecular weight is 424 g/mol. The molecular weight excluding hydrogens is 402 g/mol. The summed E-state index contributed by atoms with van der Waals surface area (Å²) in [5.41, 5.74) is 1.46. The highest BCUT2D eigenvalue weighted by Gasteiger charge is 2.49. The number of hydrogen-bond donors (Lipinski definition) is 1. The Balaban J connectivity index is 1.25. The molecule has 0 radical (unpaired) electrons. The molecule has 0 unspecified atom stereocenters. The Labute approximate surface area is 179 Å². The van der Waals surface area contributed by atoms with Gasteiger partial charge in [0.25, 0.3) is 5.91 Å². The Morgan fingerprint density at radius 1 is 1.17 bits per heavy atom. The van der Waals surface area contributed by atoms with Gasteiger partial charge >= 0.3 is 0 Å². The maximum atomic E-state index is 13.3. The molecule has 3 aromatic rings. The first-order valence-corrected chi connectivity index (χ1v) is 10.6. The average Bonchev–Trinajstić information content (AvgIpc) is 3.33. The van der Waals surface area contributed by atoms with Gasteiger partial charge in [0, 0.05) is 25.0 Å². The maximum absolute atomic E-state index is 13.3. The van der Waals surface area contributed by atoms with Crippen molar-refractivity contribution in [3.8, 4) is 0 Å². The van der Waals surface area contributed by atoms with Crippen LogP contribution in [0.1, 0.15) is 42.5 Å². The summed E-state index contributed by atoms with van der Waals surface area (Å²) in [6.45, 7) is 0.688. The van der Waals surface area contributed by atoms with E-state index < -0.39 is 0 Å². The number of halogens is 1. The number of para-hydroxylation sites is 1. The van der Waals surface area contributed by atoms with Crippen LogP contribution in [-0.2, 0) is 4.79 Å². The Bertz CT molecular complexity index is 1120. The molecule has 2 aromatic heterocycles. The van der Waals surface area contributed by atoms with Gasteiger partial charge in [-0.05, 0) is 50.3 Å². The minimum absolute atomic E-state index is 0.0453. The minimum atomic E-state index is -0.341. The summed E-state index contributed by atoms with van der Waals surface area (Å²) in [6, 6.07) is 9.31. The number of nitrogens with one attached hydrogen (secondary N) is 1. The van der Waals surface area contributed by atoms with Crippen molar-refractivity contribution < 1.29 is 9.59 Å². The van der Waals surface area contributed by atoms with E-state index in [0.29, 0.717) is 22.8 Å². The van der Waals surface area contributed by atoms with Crippen molar-refractivity contribution >= 4 is 34.7 Å². The molecule has 154 valence electrons. The number of fused-ring (bicyclic) bond motifs is 1. The summed E-state index contributed by atoms with van der Waals surface area (Å²) in [4.78, 5) is 32.1. The lowest BCUT2D eigenvalue weighted by atomic mass is 9.71. The molecule has 30 heavy (non-hydrogen) atoms. The fourth-order valence-electron chi connectivity index (χ4n) is 4.75. The Morgan fingerprint density at radius 2 is 1.97 bits per heavy atom. The van der Waals surface area contributed by atoms with E-state index in [-0.39, 0.29) is 23.3 Å². The van der Waals surface area contributed by atoms with Gasteiger partial charge in [-0.25, -0.2) is 9.50 Å². The van der Waals surface area contributed by atoms with Gasteiger partial charge in [-0.15, -0.1) is 0 Å². The van der Waals surface area contributed by atoms with Crippen LogP contribution in [0.5, 0.6) is 0 Å². The molecule has 2 fully saturated rings. The topological polar surface area (TPSA) is 79.6 Å². The molecule has 1 spiro atoms. The zero-order valence-electron chi connectivity index (χ0n) is 16.4. The molecule has 1 saturated heterocycles. The third-order valence-electron chi connectivity index (χ3n) is 6.46. The van der Waals surface area contributed by atoms with E-state index in [2.05, 4.69) is 15.4 Å². The van der Waals surface area contributed by atoms with Gasteiger partial charge in [0.15, 0.2) is 5.65 Å². The predicted molar refractivity (Wildman–Crippen MR) is 114 cm³/mol. The summed E-state index contributed by atoms with van der Waals surface area (Å²) in [7, 11) is 0. The number of carbonyl (C=O) groups excluding carboxylic acids is 2. The molecule has 1 saturated carbocycles. The first-order valence-electron chi connectivity index (χ1n) is 10.2. The smallest absolute Gasteiger partial charge is 0.256 e. The number of anilines is 1. The quantitative estimate of drug-likeness (QED) is 0.699. The standard InChI is InChI=1S/C22H22ClN5O2/c23-17-4-1-2-5-18(17)27-13-10-22(21(27)30)8-6-15(7-9-22)26-20(29)16-14-25-28-12-3-11-24-19(16)28/h1-5,11-12,14-15H,6-10,13H2,(H,26,29). The van der Waals surface area contributed by atoms with Crippen molar-refractivity contribution in [1.29, 1.82) is 0 Å². The minimum Gasteiger partial charge on any atom is -0.349 e. The normalized spacial score (nSPS) is 24.0. The van der Waals surface area contributed by atoms with Crippen LogP contribution >= 0.6 is 11.6 Å². The molecule has 8 heteroatoms. The zero-order valence-corrected chi connectivity index (χ0v) is 17.2. The third-order valence-corrected chi connectivity index (χ3v) is 6.78. The molecule has 7 nitrogen and oxygen atoms in total. The van der Waals surface area contributed by atoms with Gasteiger partial charge in [0.05, 0.1) is 22.3 Å². The van der Waals surface area contributed by atoms with Gasteiger partial charge in [-0.3, -0.25) is 9.59 Å². The highest BCUT2D eigenvalue weighted by molar-refractivity contribution is 6.34. The van der Waals surface area contributed by atoms with Crippen molar-refractivity contribution in [2.45, 2.75) is 38.1 Å². The largest absolute Gasteiger partial charge is 0.349 e. The molecule has 1 aliphatic carbocycles. The molecule has 1 aromatic carbocycles. The summed E-state index contributed by atoms with van der Waals surface area (Å²) < 4.78 is 1.59. The van der Waals surface area contributed by atoms with E-state index >= 15 is 0 Å². The molecule has 2 aliphatic rings. The van der Waals surface area contributed by atoms with Gasteiger partial charge in [0.1, 0.15) is 5.56 Å². The van der Waals surface area contributed by atoms with E-state index in [1.54, 1.807) is 29.2 Å². The van der Waals surface area contributed by atoms with Crippen LogP contribution < -0.4 is 10.2 Å². The Kier molecular flexibility index (Phi) is 4.70. The van der Waals surface area contributed by atoms with Gasteiger partial charge in [0.2, 0.25) is 5.91 Å². The molecular formula is C22H22ClN5O2. The third kappa shape index (κ3) is 3.13. The van der Waals surface area contributed by atoms with Crippen LogP contribution in [0.2, 0.25) is 5.02 Å². The Hall–Kier alpha value is -2.93. The number of amides is 2. The fraction of sp³-hybridized carbons (Fsp3) is 0.364. The second kappa shape index (κ2) is 7.40. The number of hydrogen-bond acceptors (Lipinski definition) is 4. The van der Waals surface area contributed by atoms with Crippen LogP contribution in [0.15, 0.2) is 48.9 Å². The molecule has 1 aliphatic heterocycles. The Morgan fingerprint density at radius 3 is 2.77 bits per heavy atom. The van der Waals surface area contributed by atoms with Crippen LogP contribution in [-0.4, -0.2) is 39.0 Å². The highest BCUT2D eigenvalue weighted by Crippen LogP contribution is 2.46. The number of rotatable bonds is 3. The zero-order chi connectivity index (χ0) is 20.7. The second-order valence-corrected chi connectivity index (χ2v) is 8.54. The van der Waals surface area contributed by atoms with Crippen molar-refractivity contribution in [2.24, 2.45) is 5.41 Å². The number of benzene rings is 1. The summed E-state index contributed by atoms with van der Waals surface area (Å²) in [6.07, 6.45) is 8.88. The van der Waals surface area contributed by atoms with E-state index in [0.717, 1.165) is 37.8 Å². The number of aromatic nitrogens is 3. The first kappa shape index (κ1) is 19.1. The number of carbonyl (C=O) groups is 2. The molecule has 1 N–H and O–H groups in total.